The fourth-order valence-electron chi connectivity index (χ4n) is 4.41. The van der Waals surface area contributed by atoms with E-state index in [0.717, 1.165) is 18.4 Å². The molecular formula is C27H29ClN2O4S. The Morgan fingerprint density at radius 2 is 1.60 bits per heavy atom. The molecule has 1 fully saturated rings. The molecule has 1 N–H and O–H groups in total. The molecule has 0 unspecified atom stereocenters. The standard InChI is InChI=1S/C27H29ClN2O4S/c1-35(32,33)30(19-21-7-11-24(28)12-8-21)25-13-9-22(10-14-25)26(31)29-20-27(15-17-34-18-16-27)23-5-3-2-4-6-23/h2-14H,15-20H2,1H3,(H,29,31). The number of nitrogens with zero attached hydrogens (tertiary/aromatic N) is 1. The quantitative estimate of drug-likeness (QED) is 0.471. The Kier molecular flexibility index (Phi) is 7.79. The maximum atomic E-state index is 13.0. The molecule has 0 bridgehead atoms. The third-order valence-electron chi connectivity index (χ3n) is 6.48. The predicted octanol–water partition coefficient (Wildman–Crippen LogP) is 4.78. The number of hydrogen-bond donors (Lipinski definition) is 1. The summed E-state index contributed by atoms with van der Waals surface area (Å²) in [7, 11) is -3.53. The van der Waals surface area contributed by atoms with Gasteiger partial charge < -0.3 is 10.1 Å². The van der Waals surface area contributed by atoms with E-state index in [1.165, 1.54) is 16.1 Å². The minimum Gasteiger partial charge on any atom is -0.381 e. The van der Waals surface area contributed by atoms with Gasteiger partial charge in [-0.05, 0) is 60.4 Å². The first kappa shape index (κ1) is 25.2. The lowest BCUT2D eigenvalue weighted by molar-refractivity contribution is 0.0487. The smallest absolute Gasteiger partial charge is 0.251 e. The van der Waals surface area contributed by atoms with Crippen LogP contribution < -0.4 is 9.62 Å². The van der Waals surface area contributed by atoms with Crippen molar-refractivity contribution in [3.05, 3.63) is 101 Å². The van der Waals surface area contributed by atoms with Gasteiger partial charge in [-0.2, -0.15) is 0 Å². The number of halogens is 1. The van der Waals surface area contributed by atoms with Crippen LogP contribution in [0.15, 0.2) is 78.9 Å². The van der Waals surface area contributed by atoms with Crippen molar-refractivity contribution in [3.63, 3.8) is 0 Å². The summed E-state index contributed by atoms with van der Waals surface area (Å²) < 4.78 is 31.8. The van der Waals surface area contributed by atoms with Crippen LogP contribution >= 0.6 is 11.6 Å². The first-order chi connectivity index (χ1) is 16.8. The lowest BCUT2D eigenvalue weighted by atomic mass is 9.74. The molecule has 35 heavy (non-hydrogen) atoms. The highest BCUT2D eigenvalue weighted by Crippen LogP contribution is 2.34. The van der Waals surface area contributed by atoms with E-state index in [1.54, 1.807) is 48.5 Å². The number of anilines is 1. The second-order valence-corrected chi connectivity index (χ2v) is 11.2. The molecular weight excluding hydrogens is 484 g/mol. The Balaban J connectivity index is 1.48. The Morgan fingerprint density at radius 1 is 0.971 bits per heavy atom. The number of nitrogens with one attached hydrogen (secondary N) is 1. The van der Waals surface area contributed by atoms with Crippen molar-refractivity contribution in [1.82, 2.24) is 5.32 Å². The average Bonchev–Trinajstić information content (AvgIpc) is 2.87. The van der Waals surface area contributed by atoms with Gasteiger partial charge >= 0.3 is 0 Å². The molecule has 1 saturated heterocycles. The van der Waals surface area contributed by atoms with Crippen molar-refractivity contribution in [2.24, 2.45) is 0 Å². The molecule has 0 aromatic heterocycles. The summed E-state index contributed by atoms with van der Waals surface area (Å²) in [5.41, 5.74) is 2.81. The van der Waals surface area contributed by atoms with Crippen LogP contribution in [0.4, 0.5) is 5.69 Å². The van der Waals surface area contributed by atoms with Gasteiger partial charge in [-0.3, -0.25) is 9.10 Å². The van der Waals surface area contributed by atoms with Crippen LogP contribution in [0.3, 0.4) is 0 Å². The van der Waals surface area contributed by atoms with E-state index in [0.29, 0.717) is 36.0 Å². The minimum atomic E-state index is -3.53. The van der Waals surface area contributed by atoms with Gasteiger partial charge in [-0.25, -0.2) is 8.42 Å². The van der Waals surface area contributed by atoms with Gasteiger partial charge in [0.15, 0.2) is 0 Å². The molecule has 1 aliphatic heterocycles. The van der Waals surface area contributed by atoms with Crippen molar-refractivity contribution < 1.29 is 17.9 Å². The Hall–Kier alpha value is -2.87. The van der Waals surface area contributed by atoms with E-state index in [4.69, 9.17) is 16.3 Å². The summed E-state index contributed by atoms with van der Waals surface area (Å²) in [5.74, 6) is -0.193. The van der Waals surface area contributed by atoms with Gasteiger partial charge in [0.1, 0.15) is 0 Å². The maximum absolute atomic E-state index is 13.0. The first-order valence-corrected chi connectivity index (χ1v) is 13.7. The Labute approximate surface area is 211 Å². The molecule has 1 aliphatic rings. The molecule has 0 atom stereocenters. The normalized spacial score (nSPS) is 15.4. The molecule has 1 amide bonds. The zero-order valence-electron chi connectivity index (χ0n) is 19.6. The van der Waals surface area contributed by atoms with Gasteiger partial charge in [-0.1, -0.05) is 54.1 Å². The average molecular weight is 513 g/mol. The second-order valence-electron chi connectivity index (χ2n) is 8.88. The lowest BCUT2D eigenvalue weighted by Gasteiger charge is -2.38. The topological polar surface area (TPSA) is 75.7 Å². The highest BCUT2D eigenvalue weighted by atomic mass is 35.5. The monoisotopic (exact) mass is 512 g/mol. The largest absolute Gasteiger partial charge is 0.381 e. The number of carbonyl (C=O) groups excluding carboxylic acids is 1. The van der Waals surface area contributed by atoms with Crippen LogP contribution in [0.5, 0.6) is 0 Å². The van der Waals surface area contributed by atoms with E-state index >= 15 is 0 Å². The molecule has 0 aliphatic carbocycles. The second kappa shape index (κ2) is 10.8. The van der Waals surface area contributed by atoms with Crippen molar-refractivity contribution in [2.75, 3.05) is 30.3 Å². The molecule has 6 nitrogen and oxygen atoms in total. The SMILES string of the molecule is CS(=O)(=O)N(Cc1ccc(Cl)cc1)c1ccc(C(=O)NCC2(c3ccccc3)CCOCC2)cc1. The number of hydrogen-bond acceptors (Lipinski definition) is 4. The summed E-state index contributed by atoms with van der Waals surface area (Å²) in [6.45, 7) is 2.00. The van der Waals surface area contributed by atoms with Crippen LogP contribution in [0.1, 0.15) is 34.3 Å². The van der Waals surface area contributed by atoms with Crippen LogP contribution in [0.2, 0.25) is 5.02 Å². The van der Waals surface area contributed by atoms with E-state index in [2.05, 4.69) is 17.4 Å². The molecule has 184 valence electrons. The molecule has 1 heterocycles. The predicted molar refractivity (Wildman–Crippen MR) is 139 cm³/mol. The molecule has 0 radical (unpaired) electrons. The molecule has 3 aromatic carbocycles. The van der Waals surface area contributed by atoms with Gasteiger partial charge in [0.2, 0.25) is 10.0 Å². The molecule has 3 aromatic rings. The summed E-state index contributed by atoms with van der Waals surface area (Å²) in [6.07, 6.45) is 2.84. The first-order valence-electron chi connectivity index (χ1n) is 11.5. The number of amides is 1. The minimum absolute atomic E-state index is 0.166. The molecule has 8 heteroatoms. The van der Waals surface area contributed by atoms with Gasteiger partial charge in [0, 0.05) is 35.8 Å². The summed E-state index contributed by atoms with van der Waals surface area (Å²) in [4.78, 5) is 13.0. The van der Waals surface area contributed by atoms with E-state index < -0.39 is 10.0 Å². The third-order valence-corrected chi connectivity index (χ3v) is 7.87. The van der Waals surface area contributed by atoms with Gasteiger partial charge in [0.25, 0.3) is 5.91 Å². The molecule has 0 spiro atoms. The Morgan fingerprint density at radius 3 is 2.20 bits per heavy atom. The van der Waals surface area contributed by atoms with Crippen LogP contribution in [0.25, 0.3) is 0 Å². The summed E-state index contributed by atoms with van der Waals surface area (Å²) in [6, 6.07) is 23.9. The van der Waals surface area contributed by atoms with E-state index in [-0.39, 0.29) is 17.9 Å². The zero-order chi connectivity index (χ0) is 24.9. The highest BCUT2D eigenvalue weighted by Gasteiger charge is 2.34. The lowest BCUT2D eigenvalue weighted by Crippen LogP contribution is -2.44. The third kappa shape index (κ3) is 6.23. The van der Waals surface area contributed by atoms with Gasteiger partial charge in [0.05, 0.1) is 18.5 Å². The molecule has 0 saturated carbocycles. The fourth-order valence-corrected chi connectivity index (χ4v) is 5.42. The number of ether oxygens (including phenoxy) is 1. The number of benzene rings is 3. The number of rotatable bonds is 8. The fraction of sp³-hybridized carbons (Fsp3) is 0.296. The van der Waals surface area contributed by atoms with Crippen LogP contribution in [0, 0.1) is 0 Å². The summed E-state index contributed by atoms with van der Waals surface area (Å²) in [5, 5.41) is 3.68. The summed E-state index contributed by atoms with van der Waals surface area (Å²) >= 11 is 5.94. The molecule has 4 rings (SSSR count). The Bertz CT molecular complexity index is 1240. The van der Waals surface area contributed by atoms with Crippen LogP contribution in [-0.2, 0) is 26.7 Å². The van der Waals surface area contributed by atoms with Gasteiger partial charge in [-0.15, -0.1) is 0 Å². The number of sulfonamides is 1. The van der Waals surface area contributed by atoms with E-state index in [9.17, 15) is 13.2 Å². The van der Waals surface area contributed by atoms with Crippen molar-refractivity contribution in [2.45, 2.75) is 24.8 Å². The number of carbonyl (C=O) groups is 1. The highest BCUT2D eigenvalue weighted by molar-refractivity contribution is 7.92. The van der Waals surface area contributed by atoms with E-state index in [1.807, 2.05) is 18.2 Å². The zero-order valence-corrected chi connectivity index (χ0v) is 21.2. The van der Waals surface area contributed by atoms with Crippen molar-refractivity contribution >= 4 is 33.2 Å². The van der Waals surface area contributed by atoms with Crippen molar-refractivity contribution in [1.29, 1.82) is 0 Å². The maximum Gasteiger partial charge on any atom is 0.251 e. The van der Waals surface area contributed by atoms with Crippen LogP contribution in [-0.4, -0.2) is 40.3 Å². The van der Waals surface area contributed by atoms with Crippen molar-refractivity contribution in [3.8, 4) is 0 Å².